The van der Waals surface area contributed by atoms with Crippen LogP contribution in [0.1, 0.15) is 66.4 Å². The predicted molar refractivity (Wildman–Crippen MR) is 145 cm³/mol. The summed E-state index contributed by atoms with van der Waals surface area (Å²) in [5, 5.41) is 0.295. The average molecular weight is 516 g/mol. The molecule has 0 unspecified atom stereocenters. The van der Waals surface area contributed by atoms with E-state index in [1.165, 1.54) is 12.1 Å². The lowest BCUT2D eigenvalue weighted by Crippen LogP contribution is -2.51. The largest absolute Gasteiger partial charge is 0.359 e. The Balaban J connectivity index is 1.25. The van der Waals surface area contributed by atoms with E-state index in [9.17, 15) is 14.0 Å². The van der Waals surface area contributed by atoms with E-state index < -0.39 is 5.82 Å². The van der Waals surface area contributed by atoms with Crippen LogP contribution in [0.15, 0.2) is 42.9 Å². The fourth-order valence-corrected chi connectivity index (χ4v) is 6.42. The van der Waals surface area contributed by atoms with Crippen molar-refractivity contribution < 1.29 is 14.0 Å². The van der Waals surface area contributed by atoms with Gasteiger partial charge in [-0.05, 0) is 79.3 Å². The van der Waals surface area contributed by atoms with Gasteiger partial charge in [0.2, 0.25) is 5.91 Å². The number of anilines is 1. The summed E-state index contributed by atoms with van der Waals surface area (Å²) < 4.78 is 15.0. The lowest BCUT2D eigenvalue weighted by Gasteiger charge is -2.35. The van der Waals surface area contributed by atoms with E-state index in [2.05, 4.69) is 16.9 Å². The van der Waals surface area contributed by atoms with Gasteiger partial charge in [-0.1, -0.05) is 6.92 Å². The van der Waals surface area contributed by atoms with Crippen LogP contribution in [0.4, 0.5) is 10.1 Å². The number of piperazine rings is 1. The van der Waals surface area contributed by atoms with Crippen molar-refractivity contribution in [2.75, 3.05) is 24.5 Å². The number of benzene rings is 1. The molecule has 7 nitrogen and oxygen atoms in total. The molecule has 1 amide bonds. The van der Waals surface area contributed by atoms with Gasteiger partial charge in [-0.3, -0.25) is 19.6 Å². The van der Waals surface area contributed by atoms with Crippen LogP contribution in [0.25, 0.3) is 10.9 Å². The molecule has 3 atom stereocenters. The second-order valence-electron chi connectivity index (χ2n) is 11.4. The first kappa shape index (κ1) is 24.9. The van der Waals surface area contributed by atoms with Gasteiger partial charge < -0.3 is 15.5 Å². The number of amides is 1. The molecule has 1 saturated heterocycles. The van der Waals surface area contributed by atoms with Crippen LogP contribution in [0.3, 0.4) is 0 Å². The van der Waals surface area contributed by atoms with Gasteiger partial charge in [0, 0.05) is 54.9 Å². The third-order valence-corrected chi connectivity index (χ3v) is 8.40. The van der Waals surface area contributed by atoms with Crippen LogP contribution in [0.5, 0.6) is 0 Å². The second-order valence-corrected chi connectivity index (χ2v) is 11.4. The Labute approximate surface area is 222 Å². The zero-order valence-electron chi connectivity index (χ0n) is 21.8. The predicted octanol–water partition coefficient (Wildman–Crippen LogP) is 4.24. The van der Waals surface area contributed by atoms with Crippen molar-refractivity contribution >= 4 is 28.3 Å². The van der Waals surface area contributed by atoms with Crippen LogP contribution >= 0.6 is 0 Å². The van der Waals surface area contributed by atoms with E-state index >= 15 is 0 Å². The maximum atomic E-state index is 15.0. The molecule has 198 valence electrons. The summed E-state index contributed by atoms with van der Waals surface area (Å²) in [6.45, 7) is 3.84. The van der Waals surface area contributed by atoms with Crippen LogP contribution in [-0.4, -0.2) is 58.3 Å². The molecule has 6 rings (SSSR count). The number of fused-ring (bicyclic) bond motifs is 1. The molecular formula is C30H34FN5O2. The molecule has 2 aliphatic carbocycles. The molecule has 8 heteroatoms. The fourth-order valence-electron chi connectivity index (χ4n) is 6.42. The normalized spacial score (nSPS) is 24.2. The maximum Gasteiger partial charge on any atom is 0.242 e. The lowest BCUT2D eigenvalue weighted by atomic mass is 9.75. The van der Waals surface area contributed by atoms with Gasteiger partial charge in [0.1, 0.15) is 5.82 Å². The molecule has 0 bridgehead atoms. The number of halogens is 1. The molecule has 1 aromatic carbocycles. The van der Waals surface area contributed by atoms with Crippen LogP contribution in [0, 0.1) is 11.7 Å². The van der Waals surface area contributed by atoms with Crippen molar-refractivity contribution in [1.29, 1.82) is 0 Å². The fraction of sp³-hybridized carbons (Fsp3) is 0.467. The van der Waals surface area contributed by atoms with E-state index in [-0.39, 0.29) is 30.7 Å². The number of hydrogen-bond donors (Lipinski definition) is 1. The molecule has 38 heavy (non-hydrogen) atoms. The molecule has 3 aliphatic rings. The summed E-state index contributed by atoms with van der Waals surface area (Å²) in [5.41, 5.74) is 9.78. The smallest absolute Gasteiger partial charge is 0.242 e. The topological polar surface area (TPSA) is 92.4 Å². The highest BCUT2D eigenvalue weighted by atomic mass is 19.1. The highest BCUT2D eigenvalue weighted by Crippen LogP contribution is 2.37. The van der Waals surface area contributed by atoms with Gasteiger partial charge in [-0.25, -0.2) is 4.39 Å². The highest BCUT2D eigenvalue weighted by molar-refractivity contribution is 6.08. The van der Waals surface area contributed by atoms with E-state index in [1.54, 1.807) is 24.7 Å². The summed E-state index contributed by atoms with van der Waals surface area (Å²) in [6.07, 6.45) is 10.5. The number of aromatic nitrogens is 2. The summed E-state index contributed by atoms with van der Waals surface area (Å²) in [6, 6.07) is 7.14. The first-order chi connectivity index (χ1) is 18.4. The van der Waals surface area contributed by atoms with Crippen molar-refractivity contribution in [2.24, 2.45) is 11.7 Å². The number of rotatable bonds is 6. The maximum absolute atomic E-state index is 15.0. The highest BCUT2D eigenvalue weighted by Gasteiger charge is 2.36. The first-order valence-corrected chi connectivity index (χ1v) is 13.7. The molecule has 2 saturated carbocycles. The number of nitrogens with two attached hydrogens (primary N) is 1. The zero-order valence-corrected chi connectivity index (χ0v) is 21.8. The lowest BCUT2D eigenvalue weighted by molar-refractivity contribution is -0.131. The van der Waals surface area contributed by atoms with Gasteiger partial charge in [0.15, 0.2) is 5.78 Å². The minimum Gasteiger partial charge on any atom is -0.359 e. The van der Waals surface area contributed by atoms with Gasteiger partial charge in [0.25, 0.3) is 0 Å². The molecular weight excluding hydrogens is 481 g/mol. The molecule has 2 N–H and O–H groups in total. The molecule has 1 aliphatic heterocycles. The molecule has 3 fully saturated rings. The summed E-state index contributed by atoms with van der Waals surface area (Å²) in [7, 11) is 0. The van der Waals surface area contributed by atoms with Crippen molar-refractivity contribution in [1.82, 2.24) is 14.9 Å². The number of hydrogen-bond acceptors (Lipinski definition) is 6. The Bertz CT molecular complexity index is 1380. The third kappa shape index (κ3) is 4.89. The Morgan fingerprint density at radius 2 is 1.97 bits per heavy atom. The quantitative estimate of drug-likeness (QED) is 0.494. The van der Waals surface area contributed by atoms with E-state index in [0.29, 0.717) is 53.1 Å². The van der Waals surface area contributed by atoms with Crippen molar-refractivity contribution in [3.05, 3.63) is 65.4 Å². The molecule has 3 heterocycles. The summed E-state index contributed by atoms with van der Waals surface area (Å²) in [5.74, 6) is 0.385. The van der Waals surface area contributed by atoms with Crippen LogP contribution < -0.4 is 10.6 Å². The average Bonchev–Trinajstić information content (AvgIpc) is 3.74. The SMILES string of the molecule is C[C@@H]1C[C@H](N)C[C@H](c2ccncc2CC(=O)c2ccc(F)c3cc(N4CCN(C5CC5)C(=O)C4)cnc23)C1. The van der Waals surface area contributed by atoms with Crippen LogP contribution in [0.2, 0.25) is 0 Å². The van der Waals surface area contributed by atoms with Gasteiger partial charge in [-0.15, -0.1) is 0 Å². The Hall–Kier alpha value is -3.39. The van der Waals surface area contributed by atoms with Gasteiger partial charge in [-0.2, -0.15) is 0 Å². The number of pyridine rings is 2. The summed E-state index contributed by atoms with van der Waals surface area (Å²) in [4.78, 5) is 38.9. The molecule has 3 aromatic rings. The number of carbonyl (C=O) groups excluding carboxylic acids is 2. The van der Waals surface area contributed by atoms with E-state index in [0.717, 1.165) is 43.2 Å². The molecule has 0 spiro atoms. The Morgan fingerprint density at radius 3 is 2.74 bits per heavy atom. The zero-order chi connectivity index (χ0) is 26.4. The molecule has 0 radical (unpaired) electrons. The number of carbonyl (C=O) groups is 2. The Morgan fingerprint density at radius 1 is 1.13 bits per heavy atom. The molecule has 2 aromatic heterocycles. The third-order valence-electron chi connectivity index (χ3n) is 8.40. The Kier molecular flexibility index (Phi) is 6.60. The summed E-state index contributed by atoms with van der Waals surface area (Å²) >= 11 is 0. The second kappa shape index (κ2) is 10.1. The first-order valence-electron chi connectivity index (χ1n) is 13.7. The number of nitrogens with zero attached hydrogens (tertiary/aromatic N) is 4. The van der Waals surface area contributed by atoms with Crippen LogP contribution in [-0.2, 0) is 11.2 Å². The van der Waals surface area contributed by atoms with E-state index in [4.69, 9.17) is 5.73 Å². The van der Waals surface area contributed by atoms with Crippen molar-refractivity contribution in [3.63, 3.8) is 0 Å². The minimum absolute atomic E-state index is 0.101. The van der Waals surface area contributed by atoms with E-state index in [1.807, 2.05) is 15.9 Å². The number of ketones is 1. The van der Waals surface area contributed by atoms with Gasteiger partial charge in [0.05, 0.1) is 23.9 Å². The monoisotopic (exact) mass is 515 g/mol. The number of Topliss-reactive ketones (excluding diaryl/α,β-unsaturated/α-hetero) is 1. The standard InChI is InChI=1S/C30H34FN5O2/c1-18-10-19(12-21(32)11-18)24-6-7-33-15-20(24)13-28(37)25-4-5-27(31)26-14-23(16-34-30(25)26)35-8-9-36(22-2-3-22)29(38)17-35/h4-7,14-16,18-19,21-22H,2-3,8-13,17,32H2,1H3/t18-,19+,21-/m0/s1. The minimum atomic E-state index is -0.430. The van der Waals surface area contributed by atoms with Crippen molar-refractivity contribution in [2.45, 2.75) is 63.5 Å². The van der Waals surface area contributed by atoms with Crippen molar-refractivity contribution in [3.8, 4) is 0 Å². The van der Waals surface area contributed by atoms with Gasteiger partial charge >= 0.3 is 0 Å².